The van der Waals surface area contributed by atoms with Crippen molar-refractivity contribution in [2.24, 2.45) is 0 Å². The lowest BCUT2D eigenvalue weighted by molar-refractivity contribution is 0.414. The normalized spacial score (nSPS) is 9.17. The molecule has 0 saturated carbocycles. The number of rotatable bonds is 1. The van der Waals surface area contributed by atoms with E-state index in [9.17, 15) is 0 Å². The van der Waals surface area contributed by atoms with E-state index in [1.54, 1.807) is 18.4 Å². The van der Waals surface area contributed by atoms with E-state index in [4.69, 9.17) is 11.2 Å². The highest BCUT2D eigenvalue weighted by atomic mass is 32.1. The number of hydrogen-bond donors (Lipinski definition) is 0. The summed E-state index contributed by atoms with van der Waals surface area (Å²) in [6.45, 7) is 2.02. The number of thiophene rings is 1. The lowest BCUT2D eigenvalue weighted by Crippen LogP contribution is -1.86. The van der Waals surface area contributed by atoms with Gasteiger partial charge in [-0.25, -0.2) is 0 Å². The van der Waals surface area contributed by atoms with E-state index in [1.165, 1.54) is 0 Å². The first kappa shape index (κ1) is 12.3. The molecule has 18 heavy (non-hydrogen) atoms. The van der Waals surface area contributed by atoms with Crippen LogP contribution in [0.2, 0.25) is 0 Å². The minimum atomic E-state index is 0.846. The number of hydrogen-bond acceptors (Lipinski definition) is 2. The molecule has 1 nitrogen and oxygen atoms in total. The Labute approximate surface area is 111 Å². The summed E-state index contributed by atoms with van der Waals surface area (Å²) < 4.78 is 5.16. The van der Waals surface area contributed by atoms with Crippen LogP contribution < -0.4 is 4.74 Å². The molecular formula is C16H12OS. The second kappa shape index (κ2) is 5.45. The van der Waals surface area contributed by atoms with Crippen LogP contribution in [0.5, 0.6) is 5.75 Å². The molecule has 1 aromatic heterocycles. The fourth-order valence-corrected chi connectivity index (χ4v) is 2.25. The maximum atomic E-state index is 5.40. The van der Waals surface area contributed by atoms with Crippen LogP contribution in [0.3, 0.4) is 0 Å². The van der Waals surface area contributed by atoms with E-state index in [0.717, 1.165) is 27.3 Å². The van der Waals surface area contributed by atoms with Gasteiger partial charge in [-0.1, -0.05) is 11.8 Å². The van der Waals surface area contributed by atoms with E-state index in [2.05, 4.69) is 17.8 Å². The summed E-state index contributed by atoms with van der Waals surface area (Å²) in [6, 6.07) is 7.76. The summed E-state index contributed by atoms with van der Waals surface area (Å²) in [7, 11) is 1.66. The molecular weight excluding hydrogens is 240 g/mol. The van der Waals surface area contributed by atoms with Gasteiger partial charge in [0.2, 0.25) is 0 Å². The molecule has 2 rings (SSSR count). The van der Waals surface area contributed by atoms with Crippen molar-refractivity contribution in [3.8, 4) is 29.9 Å². The molecule has 0 amide bonds. The Kier molecular flexibility index (Phi) is 3.72. The first-order valence-electron chi connectivity index (χ1n) is 5.45. The maximum Gasteiger partial charge on any atom is 0.119 e. The standard InChI is InChI=1S/C16H12OS/c1-4-13-9-10-18-16(13)8-6-14-5-7-15(17-3)11-12(14)2/h1,5,7,9-11H,2-3H3. The third-order valence-electron chi connectivity index (χ3n) is 2.57. The molecule has 1 heterocycles. The van der Waals surface area contributed by atoms with Crippen molar-refractivity contribution in [2.75, 3.05) is 7.11 Å². The van der Waals surface area contributed by atoms with Gasteiger partial charge in [0.1, 0.15) is 5.75 Å². The van der Waals surface area contributed by atoms with Gasteiger partial charge in [-0.15, -0.1) is 17.8 Å². The number of ether oxygens (including phenoxy) is 1. The molecule has 0 N–H and O–H groups in total. The average molecular weight is 252 g/mol. The first-order valence-corrected chi connectivity index (χ1v) is 6.33. The predicted octanol–water partition coefficient (Wildman–Crippen LogP) is 3.45. The van der Waals surface area contributed by atoms with Crippen LogP contribution in [0.1, 0.15) is 21.6 Å². The second-order valence-corrected chi connectivity index (χ2v) is 4.65. The summed E-state index contributed by atoms with van der Waals surface area (Å²) in [5.74, 6) is 9.75. The Morgan fingerprint density at radius 3 is 2.67 bits per heavy atom. The van der Waals surface area contributed by atoms with Crippen molar-refractivity contribution in [3.63, 3.8) is 0 Å². The molecule has 0 bridgehead atoms. The topological polar surface area (TPSA) is 9.23 Å². The summed E-state index contributed by atoms with van der Waals surface area (Å²) in [5, 5.41) is 1.96. The van der Waals surface area contributed by atoms with Gasteiger partial charge in [-0.3, -0.25) is 0 Å². The molecule has 0 radical (unpaired) electrons. The number of methoxy groups -OCH3 is 1. The van der Waals surface area contributed by atoms with Crippen molar-refractivity contribution < 1.29 is 4.74 Å². The van der Waals surface area contributed by atoms with Crippen molar-refractivity contribution >= 4 is 11.3 Å². The van der Waals surface area contributed by atoms with Gasteiger partial charge >= 0.3 is 0 Å². The minimum Gasteiger partial charge on any atom is -0.497 e. The van der Waals surface area contributed by atoms with Crippen LogP contribution in [-0.2, 0) is 0 Å². The number of terminal acetylenes is 1. The molecule has 0 aliphatic heterocycles. The van der Waals surface area contributed by atoms with Crippen molar-refractivity contribution in [1.82, 2.24) is 0 Å². The number of benzene rings is 1. The Bertz CT molecular complexity index is 662. The van der Waals surface area contributed by atoms with E-state index >= 15 is 0 Å². The van der Waals surface area contributed by atoms with E-state index in [1.807, 2.05) is 36.6 Å². The molecule has 0 aliphatic carbocycles. The lowest BCUT2D eigenvalue weighted by atomic mass is 10.1. The van der Waals surface area contributed by atoms with Gasteiger partial charge in [-0.05, 0) is 48.1 Å². The SMILES string of the molecule is C#Cc1ccsc1C#Cc1ccc(OC)cc1C. The Balaban J connectivity index is 2.34. The van der Waals surface area contributed by atoms with Crippen LogP contribution in [0.4, 0.5) is 0 Å². The zero-order chi connectivity index (χ0) is 13.0. The van der Waals surface area contributed by atoms with Crippen LogP contribution in [0.15, 0.2) is 29.6 Å². The fourth-order valence-electron chi connectivity index (χ4n) is 1.55. The van der Waals surface area contributed by atoms with Crippen LogP contribution in [-0.4, -0.2) is 7.11 Å². The van der Waals surface area contributed by atoms with Gasteiger partial charge in [0.15, 0.2) is 0 Å². The van der Waals surface area contributed by atoms with Gasteiger partial charge < -0.3 is 4.74 Å². The van der Waals surface area contributed by atoms with E-state index in [-0.39, 0.29) is 0 Å². The zero-order valence-corrected chi connectivity index (χ0v) is 11.1. The summed E-state index contributed by atoms with van der Waals surface area (Å²) in [5.41, 5.74) is 2.95. The van der Waals surface area contributed by atoms with Crippen LogP contribution in [0.25, 0.3) is 0 Å². The minimum absolute atomic E-state index is 0.846. The lowest BCUT2D eigenvalue weighted by Gasteiger charge is -2.02. The second-order valence-electron chi connectivity index (χ2n) is 3.74. The van der Waals surface area contributed by atoms with Gasteiger partial charge in [0.05, 0.1) is 17.6 Å². The highest BCUT2D eigenvalue weighted by molar-refractivity contribution is 7.10. The molecule has 0 fully saturated rings. The smallest absolute Gasteiger partial charge is 0.119 e. The quantitative estimate of drug-likeness (QED) is 0.706. The Hall–Kier alpha value is -2.16. The fraction of sp³-hybridized carbons (Fsp3) is 0.125. The Morgan fingerprint density at radius 2 is 2.00 bits per heavy atom. The largest absolute Gasteiger partial charge is 0.497 e. The molecule has 0 saturated heterocycles. The van der Waals surface area contributed by atoms with Crippen LogP contribution >= 0.6 is 11.3 Å². The molecule has 0 atom stereocenters. The van der Waals surface area contributed by atoms with Gasteiger partial charge in [-0.2, -0.15) is 0 Å². The Morgan fingerprint density at radius 1 is 1.17 bits per heavy atom. The molecule has 1 aromatic carbocycles. The highest BCUT2D eigenvalue weighted by Crippen LogP contribution is 2.17. The molecule has 0 aliphatic rings. The van der Waals surface area contributed by atoms with Crippen LogP contribution in [0, 0.1) is 31.1 Å². The average Bonchev–Trinajstić information content (AvgIpc) is 2.84. The van der Waals surface area contributed by atoms with Crippen molar-refractivity contribution in [2.45, 2.75) is 6.92 Å². The van der Waals surface area contributed by atoms with E-state index in [0.29, 0.717) is 0 Å². The maximum absolute atomic E-state index is 5.40. The highest BCUT2D eigenvalue weighted by Gasteiger charge is 1.99. The van der Waals surface area contributed by atoms with Gasteiger partial charge in [0, 0.05) is 5.56 Å². The summed E-state index contributed by atoms with van der Waals surface area (Å²) in [4.78, 5) is 0.938. The first-order chi connectivity index (χ1) is 8.74. The van der Waals surface area contributed by atoms with Crippen molar-refractivity contribution in [1.29, 1.82) is 0 Å². The molecule has 0 spiro atoms. The van der Waals surface area contributed by atoms with Gasteiger partial charge in [0.25, 0.3) is 0 Å². The van der Waals surface area contributed by atoms with Crippen molar-refractivity contribution in [3.05, 3.63) is 51.2 Å². The molecule has 88 valence electrons. The molecule has 2 aromatic rings. The third kappa shape index (κ3) is 2.56. The molecule has 0 unspecified atom stereocenters. The zero-order valence-electron chi connectivity index (χ0n) is 10.3. The summed E-state index contributed by atoms with van der Waals surface area (Å²) in [6.07, 6.45) is 5.40. The van der Waals surface area contributed by atoms with E-state index < -0.39 is 0 Å². The summed E-state index contributed by atoms with van der Waals surface area (Å²) >= 11 is 1.57. The monoisotopic (exact) mass is 252 g/mol. The number of aryl methyl sites for hydroxylation is 1. The predicted molar refractivity (Wildman–Crippen MR) is 76.0 cm³/mol. The third-order valence-corrected chi connectivity index (χ3v) is 3.39. The molecule has 2 heteroatoms.